The van der Waals surface area contributed by atoms with E-state index in [-0.39, 0.29) is 11.3 Å². The number of ether oxygens (including phenoxy) is 1. The second-order valence-corrected chi connectivity index (χ2v) is 10.7. The summed E-state index contributed by atoms with van der Waals surface area (Å²) in [5, 5.41) is 1.40. The van der Waals surface area contributed by atoms with Crippen molar-refractivity contribution in [2.45, 2.75) is 33.1 Å². The number of nitrogens with zero attached hydrogens (tertiary/aromatic N) is 3. The highest BCUT2D eigenvalue weighted by Crippen LogP contribution is 2.34. The Hall–Kier alpha value is -1.99. The minimum absolute atomic E-state index is 0.0264. The predicted octanol–water partition coefficient (Wildman–Crippen LogP) is 5.53. The highest BCUT2D eigenvalue weighted by Gasteiger charge is 2.24. The van der Waals surface area contributed by atoms with E-state index in [2.05, 4.69) is 37.8 Å². The summed E-state index contributed by atoms with van der Waals surface area (Å²) >= 11 is 7.78. The fraction of sp³-hybridized carbons (Fsp3) is 0.440. The molecule has 0 aliphatic carbocycles. The monoisotopic (exact) mass is 471 g/mol. The summed E-state index contributed by atoms with van der Waals surface area (Å²) < 4.78 is 6.46. The minimum atomic E-state index is -0.0264. The molecule has 1 saturated heterocycles. The number of halogens is 1. The normalized spacial score (nSPS) is 15.3. The molecule has 0 bridgehead atoms. The molecule has 0 unspecified atom stereocenters. The molecule has 2 aromatic carbocycles. The first-order valence-electron chi connectivity index (χ1n) is 11.0. The van der Waals surface area contributed by atoms with Gasteiger partial charge in [-0.1, -0.05) is 55.8 Å². The van der Waals surface area contributed by atoms with Crippen LogP contribution in [0.5, 0.6) is 0 Å². The third kappa shape index (κ3) is 5.15. The summed E-state index contributed by atoms with van der Waals surface area (Å²) in [5.41, 5.74) is 3.85. The number of morpholine rings is 1. The molecular weight excluding hydrogens is 442 g/mol. The fourth-order valence-electron chi connectivity index (χ4n) is 3.88. The van der Waals surface area contributed by atoms with Crippen molar-refractivity contribution in [3.05, 3.63) is 58.1 Å². The number of carbonyl (C=O) groups excluding carboxylic acids is 1. The number of rotatable bonds is 5. The molecule has 7 heteroatoms. The second kappa shape index (κ2) is 9.48. The smallest absolute Gasteiger partial charge is 0.260 e. The van der Waals surface area contributed by atoms with Crippen LogP contribution >= 0.6 is 22.9 Å². The highest BCUT2D eigenvalue weighted by atomic mass is 35.5. The van der Waals surface area contributed by atoms with Crippen molar-refractivity contribution >= 4 is 44.2 Å². The Balaban J connectivity index is 1.65. The Morgan fingerprint density at radius 1 is 1.19 bits per heavy atom. The fourth-order valence-corrected chi connectivity index (χ4v) is 5.32. The van der Waals surface area contributed by atoms with E-state index >= 15 is 0 Å². The van der Waals surface area contributed by atoms with Gasteiger partial charge in [0, 0.05) is 36.8 Å². The summed E-state index contributed by atoms with van der Waals surface area (Å²) in [6.07, 6.45) is 0. The average Bonchev–Trinajstić information content (AvgIpc) is 3.18. The van der Waals surface area contributed by atoms with Crippen LogP contribution in [0.4, 0.5) is 5.13 Å². The largest absolute Gasteiger partial charge is 0.379 e. The number of anilines is 1. The number of carbonyl (C=O) groups is 1. The lowest BCUT2D eigenvalue weighted by Crippen LogP contribution is -2.43. The van der Waals surface area contributed by atoms with Crippen molar-refractivity contribution in [1.82, 2.24) is 9.88 Å². The van der Waals surface area contributed by atoms with Gasteiger partial charge in [0.25, 0.3) is 5.91 Å². The number of hydrogen-bond acceptors (Lipinski definition) is 5. The van der Waals surface area contributed by atoms with Crippen LogP contribution < -0.4 is 4.90 Å². The number of hydrogen-bond donors (Lipinski definition) is 0. The number of fused-ring (bicyclic) bond motifs is 1. The first-order chi connectivity index (χ1) is 15.2. The quantitative estimate of drug-likeness (QED) is 0.490. The molecule has 0 saturated carbocycles. The van der Waals surface area contributed by atoms with Gasteiger partial charge in [-0.15, -0.1) is 0 Å². The maximum Gasteiger partial charge on any atom is 0.260 e. The van der Waals surface area contributed by atoms with Crippen LogP contribution in [0.3, 0.4) is 0 Å². The molecule has 1 fully saturated rings. The van der Waals surface area contributed by atoms with Crippen molar-refractivity contribution in [3.8, 4) is 0 Å². The van der Waals surface area contributed by atoms with Crippen LogP contribution in [0, 0.1) is 6.92 Å². The van der Waals surface area contributed by atoms with Crippen molar-refractivity contribution < 1.29 is 9.53 Å². The van der Waals surface area contributed by atoms with E-state index in [9.17, 15) is 4.79 Å². The average molecular weight is 472 g/mol. The van der Waals surface area contributed by atoms with E-state index < -0.39 is 0 Å². The van der Waals surface area contributed by atoms with Crippen LogP contribution in [0.1, 0.15) is 42.3 Å². The molecule has 4 rings (SSSR count). The van der Waals surface area contributed by atoms with Gasteiger partial charge >= 0.3 is 0 Å². The Morgan fingerprint density at radius 3 is 2.53 bits per heavy atom. The van der Waals surface area contributed by atoms with Crippen molar-refractivity contribution in [2.75, 3.05) is 44.3 Å². The number of amides is 1. The summed E-state index contributed by atoms with van der Waals surface area (Å²) in [5.74, 6) is -0.0264. The second-order valence-electron chi connectivity index (χ2n) is 9.30. The number of benzene rings is 2. The Kier molecular flexibility index (Phi) is 6.86. The van der Waals surface area contributed by atoms with E-state index in [1.165, 1.54) is 16.9 Å². The van der Waals surface area contributed by atoms with E-state index in [0.717, 1.165) is 48.6 Å². The molecule has 1 aromatic heterocycles. The summed E-state index contributed by atoms with van der Waals surface area (Å²) in [6, 6.07) is 11.8. The summed E-state index contributed by atoms with van der Waals surface area (Å²) in [7, 11) is 0. The molecule has 2 heterocycles. The third-order valence-electron chi connectivity index (χ3n) is 5.86. The molecule has 1 aliphatic heterocycles. The topological polar surface area (TPSA) is 45.7 Å². The zero-order valence-corrected chi connectivity index (χ0v) is 20.7. The van der Waals surface area contributed by atoms with Crippen molar-refractivity contribution in [2.24, 2.45) is 0 Å². The molecule has 0 radical (unpaired) electrons. The van der Waals surface area contributed by atoms with Gasteiger partial charge in [-0.3, -0.25) is 14.6 Å². The Bertz CT molecular complexity index is 1100. The first-order valence-corrected chi connectivity index (χ1v) is 12.2. The lowest BCUT2D eigenvalue weighted by Gasteiger charge is -2.29. The maximum absolute atomic E-state index is 13.6. The molecule has 0 atom stereocenters. The van der Waals surface area contributed by atoms with E-state index in [1.54, 1.807) is 0 Å². The zero-order chi connectivity index (χ0) is 22.9. The molecule has 0 spiro atoms. The molecule has 0 N–H and O–H groups in total. The third-order valence-corrected chi connectivity index (χ3v) is 7.10. The molecule has 1 amide bonds. The van der Waals surface area contributed by atoms with Crippen LogP contribution in [-0.4, -0.2) is 55.2 Å². The highest BCUT2D eigenvalue weighted by molar-refractivity contribution is 7.22. The lowest BCUT2D eigenvalue weighted by molar-refractivity contribution is 0.0391. The minimum Gasteiger partial charge on any atom is -0.379 e. The number of aromatic nitrogens is 1. The Morgan fingerprint density at radius 2 is 1.88 bits per heavy atom. The van der Waals surface area contributed by atoms with Gasteiger partial charge in [-0.25, -0.2) is 4.98 Å². The van der Waals surface area contributed by atoms with Gasteiger partial charge in [0.15, 0.2) is 5.13 Å². The number of aryl methyl sites for hydroxylation is 1. The van der Waals surface area contributed by atoms with Crippen LogP contribution in [0.2, 0.25) is 5.02 Å². The van der Waals surface area contributed by atoms with Crippen LogP contribution in [-0.2, 0) is 10.2 Å². The summed E-state index contributed by atoms with van der Waals surface area (Å²) in [6.45, 7) is 13.1. The van der Waals surface area contributed by atoms with Gasteiger partial charge < -0.3 is 4.74 Å². The number of thiazole rings is 1. The van der Waals surface area contributed by atoms with Gasteiger partial charge in [0.05, 0.1) is 23.4 Å². The molecular formula is C25H30ClN3O2S. The van der Waals surface area contributed by atoms with Gasteiger partial charge in [-0.2, -0.15) is 0 Å². The standard InChI is InChI=1S/C25H30ClN3O2S/c1-17-15-20(26)16-21-22(17)27-24(32-21)29(10-9-28-11-13-31-14-12-28)23(30)18-5-7-19(8-6-18)25(2,3)4/h5-8,15-16H,9-14H2,1-4H3. The van der Waals surface area contributed by atoms with Gasteiger partial charge in [0.2, 0.25) is 0 Å². The first kappa shape index (κ1) is 23.2. The SMILES string of the molecule is Cc1cc(Cl)cc2sc(N(CCN3CCOCC3)C(=O)c3ccc(C(C)(C)C)cc3)nc12. The van der Waals surface area contributed by atoms with Crippen LogP contribution in [0.25, 0.3) is 10.2 Å². The van der Waals surface area contributed by atoms with Crippen LogP contribution in [0.15, 0.2) is 36.4 Å². The van der Waals surface area contributed by atoms with Crippen molar-refractivity contribution in [1.29, 1.82) is 0 Å². The molecule has 5 nitrogen and oxygen atoms in total. The van der Waals surface area contributed by atoms with E-state index in [0.29, 0.717) is 22.3 Å². The Labute approximate surface area is 199 Å². The zero-order valence-electron chi connectivity index (χ0n) is 19.2. The van der Waals surface area contributed by atoms with Gasteiger partial charge in [0.1, 0.15) is 0 Å². The maximum atomic E-state index is 13.6. The van der Waals surface area contributed by atoms with E-state index in [1.807, 2.05) is 36.1 Å². The molecule has 3 aromatic rings. The van der Waals surface area contributed by atoms with Crippen molar-refractivity contribution in [3.63, 3.8) is 0 Å². The lowest BCUT2D eigenvalue weighted by atomic mass is 9.86. The molecule has 170 valence electrons. The summed E-state index contributed by atoms with van der Waals surface area (Å²) in [4.78, 5) is 22.6. The predicted molar refractivity (Wildman–Crippen MR) is 133 cm³/mol. The molecule has 32 heavy (non-hydrogen) atoms. The van der Waals surface area contributed by atoms with Gasteiger partial charge in [-0.05, 0) is 47.7 Å². The molecule has 1 aliphatic rings. The van der Waals surface area contributed by atoms with E-state index in [4.69, 9.17) is 21.3 Å².